The minimum absolute atomic E-state index is 0.0165. The monoisotopic (exact) mass is 559 g/mol. The second-order valence-electron chi connectivity index (χ2n) is 9.80. The van der Waals surface area contributed by atoms with Crippen LogP contribution in [-0.4, -0.2) is 22.3 Å². The lowest BCUT2D eigenvalue weighted by atomic mass is 10.1. The summed E-state index contributed by atoms with van der Waals surface area (Å²) in [5, 5.41) is 23.6. The molecule has 5 heteroatoms. The fourth-order valence-electron chi connectivity index (χ4n) is 5.06. The third-order valence-electron chi connectivity index (χ3n) is 6.97. The zero-order chi connectivity index (χ0) is 28.5. The Kier molecular flexibility index (Phi) is 8.93. The van der Waals surface area contributed by atoms with E-state index in [0.717, 1.165) is 11.7 Å². The first-order chi connectivity index (χ1) is 20.0. The Balaban J connectivity index is 1.33. The molecule has 5 aromatic rings. The summed E-state index contributed by atoms with van der Waals surface area (Å²) >= 11 is 0. The minimum atomic E-state index is -2.02. The number of phenolic OH excluding ortho intramolecular Hbond substituents is 2. The van der Waals surface area contributed by atoms with Crippen molar-refractivity contribution in [1.29, 1.82) is 0 Å². The first-order valence-corrected chi connectivity index (χ1v) is 15.6. The van der Waals surface area contributed by atoms with Gasteiger partial charge in [-0.25, -0.2) is 0 Å². The van der Waals surface area contributed by atoms with E-state index >= 15 is 0 Å². The smallest absolute Gasteiger partial charge is 0.311 e. The molecule has 41 heavy (non-hydrogen) atoms. The molecule has 0 saturated heterocycles. The van der Waals surface area contributed by atoms with E-state index in [1.165, 1.54) is 22.0 Å². The highest BCUT2D eigenvalue weighted by atomic mass is 31.2. The third-order valence-corrected chi connectivity index (χ3v) is 11.5. The highest BCUT2D eigenvalue weighted by molar-refractivity contribution is 7.95. The van der Waals surface area contributed by atoms with Crippen molar-refractivity contribution in [1.82, 2.24) is 0 Å². The SMILES string of the molecule is O=C(CCC[P+](c1ccccc1)(c1ccccc1)c1ccccc1)Oc1cc(O)cc(/C=C/c2ccc(O)cc2)c1. The van der Waals surface area contributed by atoms with E-state index < -0.39 is 7.26 Å². The number of carbonyl (C=O) groups is 1. The van der Waals surface area contributed by atoms with Crippen molar-refractivity contribution in [2.75, 3.05) is 6.16 Å². The Hall–Kier alpha value is -4.66. The van der Waals surface area contributed by atoms with Gasteiger partial charge in [0.1, 0.15) is 40.4 Å². The predicted octanol–water partition coefficient (Wildman–Crippen LogP) is 6.95. The average Bonchev–Trinajstić information content (AvgIpc) is 3.00. The van der Waals surface area contributed by atoms with Crippen LogP contribution in [-0.2, 0) is 4.79 Å². The normalized spacial score (nSPS) is 11.4. The fraction of sp³-hybridized carbons (Fsp3) is 0.0833. The van der Waals surface area contributed by atoms with E-state index in [4.69, 9.17) is 4.74 Å². The summed E-state index contributed by atoms with van der Waals surface area (Å²) in [4.78, 5) is 13.0. The standard InChI is InChI=1S/C36H31O4P/c37-30-22-20-28(21-23-30)18-19-29-25-31(38)27-32(26-29)40-36(39)17-10-24-41(33-11-4-1-5-12-33,34-13-6-2-7-14-34)35-15-8-3-9-16-35/h1-9,11-16,18-23,25-27H,10,17,24H2,(H-,37,38)/p+1/b19-18+. The van der Waals surface area contributed by atoms with Crippen molar-refractivity contribution >= 4 is 41.3 Å². The van der Waals surface area contributed by atoms with E-state index in [0.29, 0.717) is 17.7 Å². The molecule has 0 unspecified atom stereocenters. The summed E-state index contributed by atoms with van der Waals surface area (Å²) in [7, 11) is -2.02. The second kappa shape index (κ2) is 13.1. The lowest BCUT2D eigenvalue weighted by Crippen LogP contribution is -2.33. The maximum absolute atomic E-state index is 13.0. The van der Waals surface area contributed by atoms with Crippen LogP contribution < -0.4 is 20.7 Å². The van der Waals surface area contributed by atoms with Crippen LogP contribution in [0.2, 0.25) is 0 Å². The number of rotatable bonds is 10. The number of hydrogen-bond donors (Lipinski definition) is 2. The van der Waals surface area contributed by atoms with Crippen molar-refractivity contribution in [3.05, 3.63) is 145 Å². The highest BCUT2D eigenvalue weighted by Gasteiger charge is 2.44. The Labute approximate surface area is 241 Å². The molecule has 0 aromatic heterocycles. The molecule has 0 aliphatic heterocycles. The van der Waals surface area contributed by atoms with Gasteiger partial charge in [-0.1, -0.05) is 78.9 Å². The van der Waals surface area contributed by atoms with Gasteiger partial charge in [0.25, 0.3) is 0 Å². The van der Waals surface area contributed by atoms with Gasteiger partial charge in [-0.2, -0.15) is 0 Å². The van der Waals surface area contributed by atoms with Gasteiger partial charge in [-0.15, -0.1) is 0 Å². The molecule has 0 spiro atoms. The zero-order valence-electron chi connectivity index (χ0n) is 22.6. The molecule has 5 aromatic carbocycles. The van der Waals surface area contributed by atoms with Crippen LogP contribution in [0, 0.1) is 0 Å². The first-order valence-electron chi connectivity index (χ1n) is 13.6. The summed E-state index contributed by atoms with van der Waals surface area (Å²) < 4.78 is 5.68. The van der Waals surface area contributed by atoms with Gasteiger partial charge in [0.15, 0.2) is 0 Å². The summed E-state index contributed by atoms with van der Waals surface area (Å²) in [5.74, 6) is 0.180. The predicted molar refractivity (Wildman–Crippen MR) is 170 cm³/mol. The molecule has 204 valence electrons. The van der Waals surface area contributed by atoms with Gasteiger partial charge < -0.3 is 14.9 Å². The van der Waals surface area contributed by atoms with Gasteiger partial charge in [0, 0.05) is 12.5 Å². The Morgan fingerprint density at radius 1 is 0.610 bits per heavy atom. The van der Waals surface area contributed by atoms with Crippen LogP contribution >= 0.6 is 7.26 Å². The van der Waals surface area contributed by atoms with Gasteiger partial charge in [-0.3, -0.25) is 4.79 Å². The summed E-state index contributed by atoms with van der Waals surface area (Å²) in [6.45, 7) is 0. The Bertz CT molecular complexity index is 1500. The minimum Gasteiger partial charge on any atom is -0.508 e. The van der Waals surface area contributed by atoms with Crippen LogP contribution in [0.5, 0.6) is 17.2 Å². The molecule has 4 nitrogen and oxygen atoms in total. The largest absolute Gasteiger partial charge is 0.508 e. The quantitative estimate of drug-likeness (QED) is 0.0841. The van der Waals surface area contributed by atoms with Crippen molar-refractivity contribution in [2.24, 2.45) is 0 Å². The van der Waals surface area contributed by atoms with Crippen LogP contribution in [0.1, 0.15) is 24.0 Å². The number of esters is 1. The van der Waals surface area contributed by atoms with Crippen molar-refractivity contribution < 1.29 is 19.7 Å². The van der Waals surface area contributed by atoms with E-state index in [1.54, 1.807) is 36.4 Å². The molecule has 0 heterocycles. The van der Waals surface area contributed by atoms with Gasteiger partial charge in [-0.05, 0) is 78.2 Å². The van der Waals surface area contributed by atoms with Gasteiger partial charge >= 0.3 is 5.97 Å². The molecule has 0 aliphatic carbocycles. The molecule has 0 bridgehead atoms. The highest BCUT2D eigenvalue weighted by Crippen LogP contribution is 2.55. The molecule has 0 radical (unpaired) electrons. The number of phenols is 2. The van der Waals surface area contributed by atoms with E-state index in [-0.39, 0.29) is 23.9 Å². The van der Waals surface area contributed by atoms with E-state index in [2.05, 4.69) is 72.8 Å². The van der Waals surface area contributed by atoms with Gasteiger partial charge in [0.05, 0.1) is 6.16 Å². The first kappa shape index (κ1) is 27.9. The molecule has 5 rings (SSSR count). The van der Waals surface area contributed by atoms with Crippen LogP contribution in [0.4, 0.5) is 0 Å². The van der Waals surface area contributed by atoms with E-state index in [1.807, 2.05) is 30.4 Å². The topological polar surface area (TPSA) is 66.8 Å². The fourth-order valence-corrected chi connectivity index (χ4v) is 9.41. The number of ether oxygens (including phenoxy) is 1. The van der Waals surface area contributed by atoms with Crippen LogP contribution in [0.25, 0.3) is 12.2 Å². The molecule has 2 N–H and O–H groups in total. The summed E-state index contributed by atoms with van der Waals surface area (Å²) in [6.07, 6.45) is 5.41. The number of carbonyl (C=O) groups excluding carboxylic acids is 1. The van der Waals surface area contributed by atoms with Crippen LogP contribution in [0.3, 0.4) is 0 Å². The second-order valence-corrected chi connectivity index (χ2v) is 13.4. The van der Waals surface area contributed by atoms with Crippen molar-refractivity contribution in [3.63, 3.8) is 0 Å². The van der Waals surface area contributed by atoms with E-state index in [9.17, 15) is 15.0 Å². The zero-order valence-corrected chi connectivity index (χ0v) is 23.5. The molecular weight excluding hydrogens is 527 g/mol. The number of hydrogen-bond acceptors (Lipinski definition) is 4. The molecule has 0 saturated carbocycles. The molecule has 0 amide bonds. The maximum Gasteiger partial charge on any atom is 0.311 e. The third kappa shape index (κ3) is 6.92. The lowest BCUT2D eigenvalue weighted by Gasteiger charge is -2.27. The average molecular weight is 560 g/mol. The lowest BCUT2D eigenvalue weighted by molar-refractivity contribution is -0.134. The van der Waals surface area contributed by atoms with Crippen molar-refractivity contribution in [3.8, 4) is 17.2 Å². The Morgan fingerprint density at radius 2 is 1.12 bits per heavy atom. The van der Waals surface area contributed by atoms with Gasteiger partial charge in [0.2, 0.25) is 0 Å². The van der Waals surface area contributed by atoms with Crippen molar-refractivity contribution in [2.45, 2.75) is 12.8 Å². The molecule has 0 fully saturated rings. The molecule has 0 aliphatic rings. The summed E-state index contributed by atoms with van der Waals surface area (Å²) in [5.41, 5.74) is 1.59. The molecule has 0 atom stereocenters. The molecular formula is C36H32O4P+. The van der Waals surface area contributed by atoms with Crippen LogP contribution in [0.15, 0.2) is 133 Å². The summed E-state index contributed by atoms with van der Waals surface area (Å²) in [6, 6.07) is 43.4. The Morgan fingerprint density at radius 3 is 1.66 bits per heavy atom. The number of aromatic hydroxyl groups is 2. The maximum atomic E-state index is 13.0. The number of benzene rings is 5.